The van der Waals surface area contributed by atoms with Crippen LogP contribution in [0, 0.1) is 11.8 Å². The number of hydrogen-bond donors (Lipinski definition) is 4. The minimum atomic E-state index is -0.398. The standard InChI is InChI=1S/C29H37N7O4/c1-17(13-32-28(38)18-5-6-18)33-22-9-20(10-22)29(39)34-26-12-23-11-19(7-8-36(23)35-26)21-14-30-27(31-15-21)16-40-25-4-2-3-24(25)37/h7-8,11-12,14-15,17-18,20,22,24-25,33,37H,2-6,9-10,13,16H2,1H3,(H,32,38)(H,34,35,39)/t17-,20-,22+,24-,25-/m0/s1. The van der Waals surface area contributed by atoms with Crippen molar-refractivity contribution in [3.63, 3.8) is 0 Å². The predicted molar refractivity (Wildman–Crippen MR) is 148 cm³/mol. The van der Waals surface area contributed by atoms with E-state index in [0.717, 1.165) is 61.6 Å². The summed E-state index contributed by atoms with van der Waals surface area (Å²) in [5.74, 6) is 1.41. The van der Waals surface area contributed by atoms with Crippen molar-refractivity contribution < 1.29 is 19.4 Å². The molecule has 2 amide bonds. The minimum Gasteiger partial charge on any atom is -0.390 e. The van der Waals surface area contributed by atoms with E-state index in [-0.39, 0.29) is 48.4 Å². The Morgan fingerprint density at radius 3 is 2.60 bits per heavy atom. The zero-order chi connectivity index (χ0) is 27.6. The van der Waals surface area contributed by atoms with Crippen molar-refractivity contribution in [1.82, 2.24) is 30.2 Å². The average molecular weight is 548 g/mol. The third-order valence-electron chi connectivity index (χ3n) is 8.16. The van der Waals surface area contributed by atoms with Crippen LogP contribution in [0.25, 0.3) is 16.6 Å². The van der Waals surface area contributed by atoms with Crippen LogP contribution in [0.2, 0.25) is 0 Å². The van der Waals surface area contributed by atoms with Gasteiger partial charge in [0.2, 0.25) is 11.8 Å². The third kappa shape index (κ3) is 6.32. The molecule has 3 atom stereocenters. The summed E-state index contributed by atoms with van der Waals surface area (Å²) in [6.45, 7) is 2.95. The highest BCUT2D eigenvalue weighted by molar-refractivity contribution is 5.93. The fourth-order valence-electron chi connectivity index (χ4n) is 5.50. The molecule has 0 saturated heterocycles. The van der Waals surface area contributed by atoms with Crippen molar-refractivity contribution in [2.45, 2.75) is 82.8 Å². The van der Waals surface area contributed by atoms with Gasteiger partial charge in [0.25, 0.3) is 0 Å². The molecule has 3 aliphatic rings. The normalized spacial score (nSPS) is 24.9. The number of aliphatic hydroxyl groups is 1. The lowest BCUT2D eigenvalue weighted by molar-refractivity contribution is -0.123. The quantitative estimate of drug-likeness (QED) is 0.287. The van der Waals surface area contributed by atoms with Gasteiger partial charge in [-0.3, -0.25) is 9.59 Å². The Morgan fingerprint density at radius 1 is 1.07 bits per heavy atom. The summed E-state index contributed by atoms with van der Waals surface area (Å²) in [5, 5.41) is 23.9. The smallest absolute Gasteiger partial charge is 0.228 e. The summed E-state index contributed by atoms with van der Waals surface area (Å²) < 4.78 is 7.51. The van der Waals surface area contributed by atoms with Crippen LogP contribution in [0.15, 0.2) is 36.8 Å². The molecule has 3 aromatic rings. The van der Waals surface area contributed by atoms with Gasteiger partial charge in [0.05, 0.1) is 17.7 Å². The van der Waals surface area contributed by atoms with E-state index in [1.54, 1.807) is 16.9 Å². The number of hydrogen-bond acceptors (Lipinski definition) is 8. The molecule has 4 N–H and O–H groups in total. The predicted octanol–water partition coefficient (Wildman–Crippen LogP) is 2.44. The summed E-state index contributed by atoms with van der Waals surface area (Å²) in [4.78, 5) is 33.5. The van der Waals surface area contributed by atoms with Gasteiger partial charge in [-0.25, -0.2) is 14.5 Å². The zero-order valence-electron chi connectivity index (χ0n) is 22.8. The molecule has 40 heavy (non-hydrogen) atoms. The van der Waals surface area contributed by atoms with Gasteiger partial charge in [0, 0.05) is 60.7 Å². The second kappa shape index (κ2) is 11.6. The molecule has 0 radical (unpaired) electrons. The Balaban J connectivity index is 0.978. The van der Waals surface area contributed by atoms with E-state index >= 15 is 0 Å². The minimum absolute atomic E-state index is 0.0206. The molecule has 0 spiro atoms. The maximum Gasteiger partial charge on any atom is 0.228 e. The van der Waals surface area contributed by atoms with Gasteiger partial charge >= 0.3 is 0 Å². The topological polar surface area (TPSA) is 143 Å². The molecule has 0 unspecified atom stereocenters. The number of aliphatic hydroxyl groups excluding tert-OH is 1. The molecule has 3 aliphatic carbocycles. The molecule has 11 nitrogen and oxygen atoms in total. The molecule has 3 aromatic heterocycles. The summed E-state index contributed by atoms with van der Waals surface area (Å²) in [7, 11) is 0. The van der Waals surface area contributed by atoms with Crippen molar-refractivity contribution >= 4 is 23.1 Å². The second-order valence-corrected chi connectivity index (χ2v) is 11.5. The van der Waals surface area contributed by atoms with Gasteiger partial charge in [0.1, 0.15) is 6.61 Å². The number of carbonyl (C=O) groups excluding carboxylic acids is 2. The fraction of sp³-hybridized carbons (Fsp3) is 0.552. The Labute approximate surface area is 233 Å². The van der Waals surface area contributed by atoms with Crippen LogP contribution in [0.1, 0.15) is 57.7 Å². The van der Waals surface area contributed by atoms with E-state index in [4.69, 9.17) is 4.74 Å². The Morgan fingerprint density at radius 2 is 1.88 bits per heavy atom. The number of fused-ring (bicyclic) bond motifs is 1. The van der Waals surface area contributed by atoms with E-state index in [2.05, 4.69) is 37.9 Å². The second-order valence-electron chi connectivity index (χ2n) is 11.5. The van der Waals surface area contributed by atoms with Crippen LogP contribution in [-0.4, -0.2) is 67.3 Å². The van der Waals surface area contributed by atoms with Crippen molar-refractivity contribution in [2.75, 3.05) is 11.9 Å². The first-order chi connectivity index (χ1) is 19.4. The first kappa shape index (κ1) is 26.8. The molecule has 0 bridgehead atoms. The lowest BCUT2D eigenvalue weighted by Gasteiger charge is -2.36. The average Bonchev–Trinajstić information content (AvgIpc) is 3.59. The first-order valence-electron chi connectivity index (χ1n) is 14.4. The number of aromatic nitrogens is 4. The highest BCUT2D eigenvalue weighted by Crippen LogP contribution is 2.30. The number of ether oxygens (including phenoxy) is 1. The molecular weight excluding hydrogens is 510 g/mol. The number of anilines is 1. The van der Waals surface area contributed by atoms with Crippen molar-refractivity contribution in [3.8, 4) is 11.1 Å². The SMILES string of the molecule is C[C@@H](CNC(=O)C1CC1)N[C@H]1C[C@@H](C(=O)Nc2cc3cc(-c4cnc(CO[C@H]5CCC[C@@H]5O)nc4)ccn3n2)C1. The van der Waals surface area contributed by atoms with E-state index in [1.165, 1.54) is 0 Å². The van der Waals surface area contributed by atoms with Crippen LogP contribution in [0.5, 0.6) is 0 Å². The third-order valence-corrected chi connectivity index (χ3v) is 8.16. The van der Waals surface area contributed by atoms with Crippen molar-refractivity contribution in [2.24, 2.45) is 11.8 Å². The fourth-order valence-corrected chi connectivity index (χ4v) is 5.50. The van der Waals surface area contributed by atoms with E-state index in [1.807, 2.05) is 24.4 Å². The summed E-state index contributed by atoms with van der Waals surface area (Å²) >= 11 is 0. The zero-order valence-corrected chi connectivity index (χ0v) is 22.8. The maximum atomic E-state index is 12.8. The summed E-state index contributed by atoms with van der Waals surface area (Å²) in [5.41, 5.74) is 2.67. The number of rotatable bonds is 11. The highest BCUT2D eigenvalue weighted by Gasteiger charge is 2.35. The van der Waals surface area contributed by atoms with Gasteiger partial charge in [-0.1, -0.05) is 0 Å². The number of nitrogens with zero attached hydrogens (tertiary/aromatic N) is 4. The first-order valence-corrected chi connectivity index (χ1v) is 14.4. The van der Waals surface area contributed by atoms with Crippen LogP contribution in [-0.2, 0) is 20.9 Å². The van der Waals surface area contributed by atoms with Crippen molar-refractivity contribution in [1.29, 1.82) is 0 Å². The van der Waals surface area contributed by atoms with Crippen LogP contribution in [0.3, 0.4) is 0 Å². The number of pyridine rings is 1. The van der Waals surface area contributed by atoms with E-state index in [9.17, 15) is 14.7 Å². The van der Waals surface area contributed by atoms with E-state index in [0.29, 0.717) is 18.2 Å². The molecule has 3 fully saturated rings. The Kier molecular flexibility index (Phi) is 7.77. The van der Waals surface area contributed by atoms with Crippen LogP contribution in [0.4, 0.5) is 5.82 Å². The molecule has 11 heteroatoms. The number of amides is 2. The molecule has 0 aromatic carbocycles. The van der Waals surface area contributed by atoms with Gasteiger partial charge in [-0.05, 0) is 69.6 Å². The number of nitrogens with one attached hydrogen (secondary N) is 3. The van der Waals surface area contributed by atoms with Gasteiger partial charge < -0.3 is 25.8 Å². The molecule has 212 valence electrons. The summed E-state index contributed by atoms with van der Waals surface area (Å²) in [6, 6.07) is 6.23. The summed E-state index contributed by atoms with van der Waals surface area (Å²) in [6.07, 6.45) is 11.0. The lowest BCUT2D eigenvalue weighted by atomic mass is 9.79. The number of carbonyl (C=O) groups is 2. The van der Waals surface area contributed by atoms with Gasteiger partial charge in [-0.15, -0.1) is 0 Å². The van der Waals surface area contributed by atoms with Gasteiger partial charge in [-0.2, -0.15) is 5.10 Å². The molecule has 3 heterocycles. The van der Waals surface area contributed by atoms with Crippen LogP contribution < -0.4 is 16.0 Å². The van der Waals surface area contributed by atoms with Crippen molar-refractivity contribution in [3.05, 3.63) is 42.6 Å². The van der Waals surface area contributed by atoms with Crippen LogP contribution >= 0.6 is 0 Å². The Bertz CT molecular complexity index is 1350. The maximum absolute atomic E-state index is 12.8. The molecule has 6 rings (SSSR count). The monoisotopic (exact) mass is 547 g/mol. The molecule has 3 saturated carbocycles. The van der Waals surface area contributed by atoms with Gasteiger partial charge in [0.15, 0.2) is 11.6 Å². The van der Waals surface area contributed by atoms with E-state index < -0.39 is 6.10 Å². The largest absolute Gasteiger partial charge is 0.390 e. The lowest BCUT2D eigenvalue weighted by Crippen LogP contribution is -2.51. The molecule has 0 aliphatic heterocycles. The Hall–Kier alpha value is -3.41. The molecular formula is C29H37N7O4. The highest BCUT2D eigenvalue weighted by atomic mass is 16.5.